The van der Waals surface area contributed by atoms with Crippen molar-refractivity contribution in [3.05, 3.63) is 65.2 Å². The van der Waals surface area contributed by atoms with Gasteiger partial charge in [0.25, 0.3) is 0 Å². The molecule has 0 heterocycles. The Kier molecular flexibility index (Phi) is 4.15. The molecule has 0 bridgehead atoms. The van der Waals surface area contributed by atoms with Crippen LogP contribution in [0.5, 0.6) is 0 Å². The fourth-order valence-electron chi connectivity index (χ4n) is 1.49. The predicted molar refractivity (Wildman–Crippen MR) is 77.6 cm³/mol. The molecule has 0 unspecified atom stereocenters. The number of nitrogens with two attached hydrogens (primary N) is 1. The van der Waals surface area contributed by atoms with E-state index in [9.17, 15) is 4.79 Å². The van der Waals surface area contributed by atoms with Crippen LogP contribution in [0.1, 0.15) is 5.56 Å². The molecule has 0 saturated carbocycles. The van der Waals surface area contributed by atoms with E-state index in [1.807, 2.05) is 18.2 Å². The molecular formula is C14H12ClN3O. The minimum Gasteiger partial charge on any atom is -0.350 e. The molecule has 2 amide bonds. The monoisotopic (exact) mass is 273 g/mol. The molecule has 0 aromatic heterocycles. The van der Waals surface area contributed by atoms with Crippen molar-refractivity contribution >= 4 is 29.5 Å². The molecule has 0 atom stereocenters. The van der Waals surface area contributed by atoms with Gasteiger partial charge >= 0.3 is 6.03 Å². The summed E-state index contributed by atoms with van der Waals surface area (Å²) in [4.78, 5) is 11.4. The van der Waals surface area contributed by atoms with Crippen LogP contribution in [-0.2, 0) is 0 Å². The van der Waals surface area contributed by atoms with Crippen LogP contribution in [-0.4, -0.2) is 12.2 Å². The van der Waals surface area contributed by atoms with Crippen molar-refractivity contribution < 1.29 is 4.79 Å². The second-order valence-electron chi connectivity index (χ2n) is 3.78. The van der Waals surface area contributed by atoms with E-state index in [0.29, 0.717) is 10.7 Å². The lowest BCUT2D eigenvalue weighted by molar-refractivity contribution is 0.254. The van der Waals surface area contributed by atoms with Crippen LogP contribution < -0.4 is 10.7 Å². The van der Waals surface area contributed by atoms with Gasteiger partial charge in [-0.3, -0.25) is 0 Å². The van der Waals surface area contributed by atoms with Crippen LogP contribution in [0.4, 0.5) is 10.5 Å². The Labute approximate surface area is 116 Å². The third kappa shape index (κ3) is 3.56. The van der Waals surface area contributed by atoms with Crippen molar-refractivity contribution in [2.24, 2.45) is 10.8 Å². The molecule has 19 heavy (non-hydrogen) atoms. The molecule has 96 valence electrons. The highest BCUT2D eigenvalue weighted by Gasteiger charge is 2.09. The Morgan fingerprint density at radius 3 is 2.32 bits per heavy atom. The SMILES string of the molecule is NC(=O)N(N=Cc1ccc(Cl)cc1)c1ccccc1. The molecule has 0 spiro atoms. The first kappa shape index (κ1) is 13.1. The van der Waals surface area contributed by atoms with Crippen molar-refractivity contribution in [3.8, 4) is 0 Å². The quantitative estimate of drug-likeness (QED) is 0.677. The minimum absolute atomic E-state index is 0.611. The van der Waals surface area contributed by atoms with E-state index < -0.39 is 6.03 Å². The number of carbonyl (C=O) groups is 1. The van der Waals surface area contributed by atoms with Crippen LogP contribution in [0.15, 0.2) is 59.7 Å². The van der Waals surface area contributed by atoms with E-state index in [-0.39, 0.29) is 0 Å². The molecular weight excluding hydrogens is 262 g/mol. The lowest BCUT2D eigenvalue weighted by atomic mass is 10.2. The molecule has 2 N–H and O–H groups in total. The van der Waals surface area contributed by atoms with Crippen molar-refractivity contribution in [2.45, 2.75) is 0 Å². The smallest absolute Gasteiger partial charge is 0.340 e. The average Bonchev–Trinajstić information content (AvgIpc) is 2.42. The highest BCUT2D eigenvalue weighted by Crippen LogP contribution is 2.13. The van der Waals surface area contributed by atoms with Gasteiger partial charge in [-0.1, -0.05) is 41.9 Å². The van der Waals surface area contributed by atoms with Crippen molar-refractivity contribution in [3.63, 3.8) is 0 Å². The van der Waals surface area contributed by atoms with Crippen LogP contribution in [0.3, 0.4) is 0 Å². The number of carbonyl (C=O) groups excluding carboxylic acids is 1. The van der Waals surface area contributed by atoms with E-state index >= 15 is 0 Å². The molecule has 0 radical (unpaired) electrons. The van der Waals surface area contributed by atoms with Crippen molar-refractivity contribution in [2.75, 3.05) is 5.01 Å². The van der Waals surface area contributed by atoms with Crippen LogP contribution in [0.2, 0.25) is 5.02 Å². The Morgan fingerprint density at radius 1 is 1.11 bits per heavy atom. The second kappa shape index (κ2) is 6.02. The van der Waals surface area contributed by atoms with Crippen LogP contribution in [0, 0.1) is 0 Å². The number of hydrogen-bond donors (Lipinski definition) is 1. The number of rotatable bonds is 3. The lowest BCUT2D eigenvalue weighted by Crippen LogP contribution is -2.31. The van der Waals surface area contributed by atoms with E-state index in [1.54, 1.807) is 42.6 Å². The number of hydrazone groups is 1. The number of urea groups is 1. The number of primary amides is 1. The fraction of sp³-hybridized carbons (Fsp3) is 0. The summed E-state index contributed by atoms with van der Waals surface area (Å²) in [5.41, 5.74) is 6.75. The standard InChI is InChI=1S/C14H12ClN3O/c15-12-8-6-11(7-9-12)10-17-18(14(16)19)13-4-2-1-3-5-13/h1-10H,(H2,16,19). The summed E-state index contributed by atoms with van der Waals surface area (Å²) in [6, 6.07) is 15.4. The molecule has 0 fully saturated rings. The summed E-state index contributed by atoms with van der Waals surface area (Å²) in [5.74, 6) is 0. The van der Waals surface area contributed by atoms with Crippen LogP contribution in [0.25, 0.3) is 0 Å². The Morgan fingerprint density at radius 2 is 1.74 bits per heavy atom. The van der Waals surface area contributed by atoms with E-state index in [4.69, 9.17) is 17.3 Å². The first-order valence-electron chi connectivity index (χ1n) is 5.61. The lowest BCUT2D eigenvalue weighted by Gasteiger charge is -2.13. The summed E-state index contributed by atoms with van der Waals surface area (Å²) < 4.78 is 0. The van der Waals surface area contributed by atoms with Gasteiger partial charge in [-0.15, -0.1) is 0 Å². The molecule has 2 rings (SSSR count). The van der Waals surface area contributed by atoms with Crippen molar-refractivity contribution in [1.82, 2.24) is 0 Å². The Balaban J connectivity index is 2.22. The van der Waals surface area contributed by atoms with Gasteiger partial charge in [0.1, 0.15) is 0 Å². The zero-order valence-electron chi connectivity index (χ0n) is 10.0. The number of para-hydroxylation sites is 1. The van der Waals surface area contributed by atoms with Crippen molar-refractivity contribution in [1.29, 1.82) is 0 Å². The number of benzene rings is 2. The summed E-state index contributed by atoms with van der Waals surface area (Å²) in [6.07, 6.45) is 1.55. The van der Waals surface area contributed by atoms with E-state index in [1.165, 1.54) is 0 Å². The molecule has 0 aliphatic rings. The first-order chi connectivity index (χ1) is 9.16. The molecule has 0 saturated heterocycles. The number of nitrogens with zero attached hydrogens (tertiary/aromatic N) is 2. The number of halogens is 1. The zero-order chi connectivity index (χ0) is 13.7. The maximum Gasteiger partial charge on any atom is 0.340 e. The van der Waals surface area contributed by atoms with Gasteiger partial charge < -0.3 is 5.73 Å². The minimum atomic E-state index is -0.642. The third-order valence-electron chi connectivity index (χ3n) is 2.40. The van der Waals surface area contributed by atoms with Crippen LogP contribution >= 0.6 is 11.6 Å². The Hall–Kier alpha value is -2.33. The second-order valence-corrected chi connectivity index (χ2v) is 4.22. The molecule has 4 nitrogen and oxygen atoms in total. The maximum atomic E-state index is 11.4. The normalized spacial score (nSPS) is 10.6. The van der Waals surface area contributed by atoms with E-state index in [2.05, 4.69) is 5.10 Å². The number of amides is 2. The topological polar surface area (TPSA) is 58.7 Å². The van der Waals surface area contributed by atoms with Gasteiger partial charge in [0.15, 0.2) is 0 Å². The van der Waals surface area contributed by atoms with Gasteiger partial charge in [-0.2, -0.15) is 10.1 Å². The maximum absolute atomic E-state index is 11.4. The van der Waals surface area contributed by atoms with Gasteiger partial charge in [-0.05, 0) is 29.8 Å². The third-order valence-corrected chi connectivity index (χ3v) is 2.65. The molecule has 2 aromatic rings. The number of hydrogen-bond acceptors (Lipinski definition) is 2. The molecule has 2 aromatic carbocycles. The summed E-state index contributed by atoms with van der Waals surface area (Å²) in [6.45, 7) is 0. The summed E-state index contributed by atoms with van der Waals surface area (Å²) >= 11 is 5.79. The summed E-state index contributed by atoms with van der Waals surface area (Å²) in [5, 5.41) is 5.86. The van der Waals surface area contributed by atoms with Gasteiger partial charge in [-0.25, -0.2) is 4.79 Å². The highest BCUT2D eigenvalue weighted by atomic mass is 35.5. The Bertz CT molecular complexity index is 581. The fourth-order valence-corrected chi connectivity index (χ4v) is 1.62. The van der Waals surface area contributed by atoms with Gasteiger partial charge in [0, 0.05) is 5.02 Å². The first-order valence-corrected chi connectivity index (χ1v) is 5.99. The molecule has 5 heteroatoms. The largest absolute Gasteiger partial charge is 0.350 e. The molecule has 0 aliphatic carbocycles. The van der Waals surface area contributed by atoms with Gasteiger partial charge in [0.05, 0.1) is 11.9 Å². The predicted octanol–water partition coefficient (Wildman–Crippen LogP) is 3.26. The average molecular weight is 274 g/mol. The zero-order valence-corrected chi connectivity index (χ0v) is 10.8. The highest BCUT2D eigenvalue weighted by molar-refractivity contribution is 6.30. The van der Waals surface area contributed by atoms with E-state index in [0.717, 1.165) is 10.6 Å². The number of anilines is 1. The molecule has 0 aliphatic heterocycles. The summed E-state index contributed by atoms with van der Waals surface area (Å²) in [7, 11) is 0. The van der Waals surface area contributed by atoms with Gasteiger partial charge in [0.2, 0.25) is 0 Å².